The first-order chi connectivity index (χ1) is 8.74. The van der Waals surface area contributed by atoms with Crippen molar-refractivity contribution in [3.63, 3.8) is 0 Å². The molecule has 1 aromatic heterocycles. The minimum atomic E-state index is 0.0904. The van der Waals surface area contributed by atoms with Gasteiger partial charge in [-0.2, -0.15) is 0 Å². The molecule has 1 unspecified atom stereocenters. The Labute approximate surface area is 113 Å². The molecule has 18 heavy (non-hydrogen) atoms. The molecular formula is C13H22N2O2S. The zero-order valence-electron chi connectivity index (χ0n) is 11.2. The SMILES string of the molecule is CCCOC1CCCN(c2nc(C)c(CO)s2)C1. The summed E-state index contributed by atoms with van der Waals surface area (Å²) in [5.41, 5.74) is 0.953. The summed E-state index contributed by atoms with van der Waals surface area (Å²) in [6.07, 6.45) is 3.71. The van der Waals surface area contributed by atoms with Gasteiger partial charge in [-0.15, -0.1) is 0 Å². The van der Waals surface area contributed by atoms with E-state index in [1.165, 1.54) is 0 Å². The van der Waals surface area contributed by atoms with E-state index in [9.17, 15) is 5.11 Å². The molecule has 4 nitrogen and oxygen atoms in total. The van der Waals surface area contributed by atoms with Gasteiger partial charge < -0.3 is 14.7 Å². The molecule has 2 rings (SSSR count). The van der Waals surface area contributed by atoms with Crippen molar-refractivity contribution >= 4 is 16.5 Å². The molecule has 0 radical (unpaired) electrons. The van der Waals surface area contributed by atoms with Crippen molar-refractivity contribution in [2.75, 3.05) is 24.6 Å². The minimum absolute atomic E-state index is 0.0904. The van der Waals surface area contributed by atoms with Gasteiger partial charge in [0.05, 0.1) is 23.3 Å². The summed E-state index contributed by atoms with van der Waals surface area (Å²) in [6, 6.07) is 0. The third-order valence-corrected chi connectivity index (χ3v) is 4.43. The second-order valence-corrected chi connectivity index (χ2v) is 5.81. The Hall–Kier alpha value is -0.650. The molecule has 5 heteroatoms. The first-order valence-electron chi connectivity index (χ1n) is 6.68. The Bertz CT molecular complexity index is 381. The van der Waals surface area contributed by atoms with Crippen molar-refractivity contribution in [2.45, 2.75) is 45.8 Å². The van der Waals surface area contributed by atoms with Crippen molar-refractivity contribution in [1.29, 1.82) is 0 Å². The lowest BCUT2D eigenvalue weighted by Crippen LogP contribution is -2.39. The van der Waals surface area contributed by atoms with Crippen LogP contribution in [0.4, 0.5) is 5.13 Å². The van der Waals surface area contributed by atoms with Gasteiger partial charge in [-0.25, -0.2) is 4.98 Å². The predicted molar refractivity (Wildman–Crippen MR) is 74.3 cm³/mol. The zero-order chi connectivity index (χ0) is 13.0. The van der Waals surface area contributed by atoms with Crippen LogP contribution >= 0.6 is 11.3 Å². The Morgan fingerprint density at radius 3 is 3.06 bits per heavy atom. The standard InChI is InChI=1S/C13H22N2O2S/c1-3-7-17-11-5-4-6-15(8-11)13-14-10(2)12(9-16)18-13/h11,16H,3-9H2,1-2H3. The van der Waals surface area contributed by atoms with Crippen LogP contribution in [0.15, 0.2) is 0 Å². The Kier molecular flexibility index (Phi) is 4.97. The molecule has 1 aliphatic rings. The van der Waals surface area contributed by atoms with Gasteiger partial charge in [-0.1, -0.05) is 18.3 Å². The summed E-state index contributed by atoms with van der Waals surface area (Å²) in [7, 11) is 0. The van der Waals surface area contributed by atoms with Crippen LogP contribution in [0.5, 0.6) is 0 Å². The number of hydrogen-bond donors (Lipinski definition) is 1. The fourth-order valence-corrected chi connectivity index (χ4v) is 3.18. The molecule has 0 spiro atoms. The summed E-state index contributed by atoms with van der Waals surface area (Å²) >= 11 is 1.60. The molecular weight excluding hydrogens is 248 g/mol. The Morgan fingerprint density at radius 2 is 2.39 bits per heavy atom. The van der Waals surface area contributed by atoms with Gasteiger partial charge in [0, 0.05) is 19.7 Å². The van der Waals surface area contributed by atoms with Crippen LogP contribution in [-0.4, -0.2) is 35.9 Å². The number of aromatic nitrogens is 1. The van der Waals surface area contributed by atoms with E-state index >= 15 is 0 Å². The largest absolute Gasteiger partial charge is 0.391 e. The summed E-state index contributed by atoms with van der Waals surface area (Å²) in [5.74, 6) is 0. The molecule has 1 saturated heterocycles. The molecule has 1 atom stereocenters. The van der Waals surface area contributed by atoms with E-state index in [0.29, 0.717) is 6.10 Å². The van der Waals surface area contributed by atoms with E-state index in [2.05, 4.69) is 16.8 Å². The maximum Gasteiger partial charge on any atom is 0.185 e. The molecule has 1 aromatic rings. The number of hydrogen-bond acceptors (Lipinski definition) is 5. The number of rotatable bonds is 5. The number of aryl methyl sites for hydroxylation is 1. The number of aliphatic hydroxyl groups is 1. The van der Waals surface area contributed by atoms with Crippen molar-refractivity contribution in [1.82, 2.24) is 4.98 Å². The van der Waals surface area contributed by atoms with Gasteiger partial charge in [-0.05, 0) is 26.2 Å². The predicted octanol–water partition coefficient (Wildman–Crippen LogP) is 2.34. The van der Waals surface area contributed by atoms with E-state index in [1.807, 2.05) is 6.92 Å². The smallest absolute Gasteiger partial charge is 0.185 e. The first-order valence-corrected chi connectivity index (χ1v) is 7.50. The molecule has 0 aliphatic carbocycles. The fourth-order valence-electron chi connectivity index (χ4n) is 2.23. The number of thiazole rings is 1. The minimum Gasteiger partial charge on any atom is -0.391 e. The summed E-state index contributed by atoms with van der Waals surface area (Å²) in [4.78, 5) is 7.81. The van der Waals surface area contributed by atoms with Crippen molar-refractivity contribution in [2.24, 2.45) is 0 Å². The molecule has 0 aromatic carbocycles. The number of ether oxygens (including phenoxy) is 1. The molecule has 1 fully saturated rings. The maximum absolute atomic E-state index is 9.23. The van der Waals surface area contributed by atoms with Gasteiger partial charge in [0.1, 0.15) is 0 Å². The highest BCUT2D eigenvalue weighted by Crippen LogP contribution is 2.28. The van der Waals surface area contributed by atoms with E-state index in [4.69, 9.17) is 4.74 Å². The summed E-state index contributed by atoms with van der Waals surface area (Å²) < 4.78 is 5.83. The van der Waals surface area contributed by atoms with Crippen LogP contribution in [0.2, 0.25) is 0 Å². The van der Waals surface area contributed by atoms with E-state index in [-0.39, 0.29) is 6.61 Å². The van der Waals surface area contributed by atoms with Gasteiger partial charge in [0.2, 0.25) is 0 Å². The highest BCUT2D eigenvalue weighted by molar-refractivity contribution is 7.15. The third kappa shape index (κ3) is 3.22. The van der Waals surface area contributed by atoms with Crippen LogP contribution in [0.25, 0.3) is 0 Å². The first kappa shape index (κ1) is 13.8. The molecule has 2 heterocycles. The number of anilines is 1. The topological polar surface area (TPSA) is 45.6 Å². The summed E-state index contributed by atoms with van der Waals surface area (Å²) in [5, 5.41) is 10.3. The van der Waals surface area contributed by atoms with Crippen LogP contribution in [0.3, 0.4) is 0 Å². The van der Waals surface area contributed by atoms with Gasteiger partial charge in [-0.3, -0.25) is 0 Å². The maximum atomic E-state index is 9.23. The molecule has 0 saturated carbocycles. The number of nitrogens with zero attached hydrogens (tertiary/aromatic N) is 2. The highest BCUT2D eigenvalue weighted by atomic mass is 32.1. The van der Waals surface area contributed by atoms with E-state index in [0.717, 1.165) is 54.7 Å². The molecule has 0 bridgehead atoms. The molecule has 1 aliphatic heterocycles. The number of piperidine rings is 1. The lowest BCUT2D eigenvalue weighted by atomic mass is 10.1. The average molecular weight is 270 g/mol. The number of aliphatic hydroxyl groups excluding tert-OH is 1. The van der Waals surface area contributed by atoms with Crippen LogP contribution in [0.1, 0.15) is 36.8 Å². The van der Waals surface area contributed by atoms with Crippen LogP contribution in [-0.2, 0) is 11.3 Å². The fraction of sp³-hybridized carbons (Fsp3) is 0.769. The van der Waals surface area contributed by atoms with E-state index in [1.54, 1.807) is 11.3 Å². The molecule has 1 N–H and O–H groups in total. The Morgan fingerprint density at radius 1 is 1.56 bits per heavy atom. The van der Waals surface area contributed by atoms with Crippen LogP contribution in [0, 0.1) is 6.92 Å². The van der Waals surface area contributed by atoms with Crippen molar-refractivity contribution in [3.05, 3.63) is 10.6 Å². The third-order valence-electron chi connectivity index (χ3n) is 3.23. The van der Waals surface area contributed by atoms with Crippen molar-refractivity contribution < 1.29 is 9.84 Å². The second kappa shape index (κ2) is 6.50. The lowest BCUT2D eigenvalue weighted by Gasteiger charge is -2.32. The zero-order valence-corrected chi connectivity index (χ0v) is 12.0. The summed E-state index contributed by atoms with van der Waals surface area (Å²) in [6.45, 7) is 7.00. The molecule has 102 valence electrons. The lowest BCUT2D eigenvalue weighted by molar-refractivity contribution is 0.0440. The average Bonchev–Trinajstić information content (AvgIpc) is 2.78. The van der Waals surface area contributed by atoms with Gasteiger partial charge in [0.25, 0.3) is 0 Å². The van der Waals surface area contributed by atoms with E-state index < -0.39 is 0 Å². The highest BCUT2D eigenvalue weighted by Gasteiger charge is 2.23. The molecule has 0 amide bonds. The van der Waals surface area contributed by atoms with Gasteiger partial charge in [0.15, 0.2) is 5.13 Å². The van der Waals surface area contributed by atoms with Crippen LogP contribution < -0.4 is 4.90 Å². The normalized spacial score (nSPS) is 20.4. The Balaban J connectivity index is 1.99. The van der Waals surface area contributed by atoms with Gasteiger partial charge >= 0.3 is 0 Å². The van der Waals surface area contributed by atoms with Crippen molar-refractivity contribution in [3.8, 4) is 0 Å². The monoisotopic (exact) mass is 270 g/mol. The quantitative estimate of drug-likeness (QED) is 0.892. The second-order valence-electron chi connectivity index (χ2n) is 4.74.